The van der Waals surface area contributed by atoms with Gasteiger partial charge in [-0.2, -0.15) is 0 Å². The van der Waals surface area contributed by atoms with Crippen LogP contribution in [0, 0.1) is 0 Å². The lowest BCUT2D eigenvalue weighted by molar-refractivity contribution is 0.0531. The number of halogens is 2. The second kappa shape index (κ2) is 10.3. The Hall–Kier alpha value is -0.190. The van der Waals surface area contributed by atoms with Crippen LogP contribution in [0.3, 0.4) is 0 Å². The third-order valence-corrected chi connectivity index (χ3v) is 1.28. The van der Waals surface area contributed by atoms with E-state index in [1.165, 1.54) is 0 Å². The van der Waals surface area contributed by atoms with Crippen LogP contribution in [0.2, 0.25) is 0 Å². The maximum Gasteiger partial charge on any atom is 0.407 e. The number of amides is 1. The molecule has 0 unspecified atom stereocenters. The molecule has 0 aliphatic carbocycles. The fourth-order valence-corrected chi connectivity index (χ4v) is 0.558. The van der Waals surface area contributed by atoms with Crippen molar-refractivity contribution in [3.8, 4) is 0 Å². The second-order valence-electron chi connectivity index (χ2n) is 3.60. The third-order valence-electron chi connectivity index (χ3n) is 0.872. The van der Waals surface area contributed by atoms with Crippen molar-refractivity contribution in [2.75, 3.05) is 24.8 Å². The lowest BCUT2D eigenvalue weighted by atomic mass is 10.2. The minimum atomic E-state index is -0.434. The first-order chi connectivity index (χ1) is 6.87. The van der Waals surface area contributed by atoms with Crippen LogP contribution in [-0.4, -0.2) is 36.5 Å². The Morgan fingerprint density at radius 3 is 2.07 bits per heavy atom. The molecule has 3 N–H and O–H groups in total. The van der Waals surface area contributed by atoms with Gasteiger partial charge < -0.3 is 15.8 Å². The van der Waals surface area contributed by atoms with Crippen molar-refractivity contribution in [2.45, 2.75) is 26.4 Å². The zero-order chi connectivity index (χ0) is 12.3. The van der Waals surface area contributed by atoms with E-state index >= 15 is 0 Å². The van der Waals surface area contributed by atoms with Gasteiger partial charge in [0.15, 0.2) is 0 Å². The molecule has 0 atom stereocenters. The Balaban J connectivity index is 0. The van der Waals surface area contributed by atoms with Crippen molar-refractivity contribution in [3.63, 3.8) is 0 Å². The van der Waals surface area contributed by atoms with Gasteiger partial charge in [-0.25, -0.2) is 4.79 Å². The van der Waals surface area contributed by atoms with Crippen molar-refractivity contribution in [1.82, 2.24) is 5.32 Å². The topological polar surface area (TPSA) is 64.3 Å². The fourth-order valence-electron chi connectivity index (χ4n) is 0.463. The molecule has 0 rings (SSSR count). The van der Waals surface area contributed by atoms with E-state index in [9.17, 15) is 4.79 Å². The molecule has 0 aliphatic heterocycles. The predicted octanol–water partition coefficient (Wildman–Crippen LogP) is 1.93. The summed E-state index contributed by atoms with van der Waals surface area (Å²) in [7, 11) is 0. The van der Waals surface area contributed by atoms with Crippen LogP contribution in [-0.2, 0) is 4.74 Å². The van der Waals surface area contributed by atoms with E-state index in [1.54, 1.807) is 0 Å². The smallest absolute Gasteiger partial charge is 0.407 e. The number of hydrogen-bond donors (Lipinski definition) is 2. The van der Waals surface area contributed by atoms with Gasteiger partial charge in [0.05, 0.1) is 0 Å². The van der Waals surface area contributed by atoms with Gasteiger partial charge in [-0.15, -0.1) is 23.2 Å². The number of ether oxygens (including phenoxy) is 1. The van der Waals surface area contributed by atoms with E-state index in [0.29, 0.717) is 24.8 Å². The average Bonchev–Trinajstić information content (AvgIpc) is 2.12. The van der Waals surface area contributed by atoms with Crippen molar-refractivity contribution >= 4 is 29.3 Å². The first-order valence-corrected chi connectivity index (χ1v) is 5.73. The van der Waals surface area contributed by atoms with Crippen LogP contribution in [0.1, 0.15) is 20.8 Å². The second-order valence-corrected chi connectivity index (χ2v) is 4.35. The molecule has 6 heteroatoms. The molecule has 0 radical (unpaired) electrons. The van der Waals surface area contributed by atoms with Gasteiger partial charge in [0.1, 0.15) is 5.60 Å². The lowest BCUT2D eigenvalue weighted by Gasteiger charge is -2.19. The van der Waals surface area contributed by atoms with Gasteiger partial charge in [0, 0.05) is 24.8 Å². The van der Waals surface area contributed by atoms with Crippen LogP contribution in [0.25, 0.3) is 0 Å². The van der Waals surface area contributed by atoms with Crippen molar-refractivity contribution in [1.29, 1.82) is 0 Å². The van der Waals surface area contributed by atoms with E-state index in [1.807, 2.05) is 20.8 Å². The number of alkyl halides is 2. The highest BCUT2D eigenvalue weighted by Crippen LogP contribution is 2.05. The molecule has 0 aromatic heterocycles. The Morgan fingerprint density at radius 2 is 1.80 bits per heavy atom. The van der Waals surface area contributed by atoms with Crippen LogP contribution >= 0.6 is 23.2 Å². The molecule has 0 fully saturated rings. The first-order valence-electron chi connectivity index (χ1n) is 4.66. The molecule has 0 aliphatic rings. The molecule has 4 nitrogen and oxygen atoms in total. The molecule has 0 aromatic rings. The molecule has 1 amide bonds. The van der Waals surface area contributed by atoms with Crippen LogP contribution < -0.4 is 11.1 Å². The highest BCUT2D eigenvalue weighted by molar-refractivity contribution is 6.18. The summed E-state index contributed by atoms with van der Waals surface area (Å²) in [4.78, 5) is 10.8. The van der Waals surface area contributed by atoms with Crippen LogP contribution in [0.5, 0.6) is 0 Å². The molecule has 0 saturated heterocycles. The zero-order valence-electron chi connectivity index (χ0n) is 9.48. The molecule has 15 heavy (non-hydrogen) atoms. The number of carbonyl (C=O) groups is 1. The fraction of sp³-hybridized carbons (Fsp3) is 0.889. The van der Waals surface area contributed by atoms with Gasteiger partial charge in [0.25, 0.3) is 0 Å². The van der Waals surface area contributed by atoms with Crippen molar-refractivity contribution in [3.05, 3.63) is 0 Å². The molecular formula is C9H20Cl2N2O2. The summed E-state index contributed by atoms with van der Waals surface area (Å²) in [6, 6.07) is 0. The summed E-state index contributed by atoms with van der Waals surface area (Å²) >= 11 is 10.4. The highest BCUT2D eigenvalue weighted by atomic mass is 35.5. The summed E-state index contributed by atoms with van der Waals surface area (Å²) in [5.74, 6) is 0.971. The van der Waals surface area contributed by atoms with E-state index in [0.717, 1.165) is 0 Å². The van der Waals surface area contributed by atoms with E-state index in [4.69, 9.17) is 33.7 Å². The Morgan fingerprint density at radius 1 is 1.33 bits per heavy atom. The SMILES string of the molecule is CC(C)(C)OC(=O)NCCCl.NCCCl. The number of nitrogens with two attached hydrogens (primary N) is 1. The maximum atomic E-state index is 10.8. The van der Waals surface area contributed by atoms with Gasteiger partial charge >= 0.3 is 6.09 Å². The quantitative estimate of drug-likeness (QED) is 0.761. The van der Waals surface area contributed by atoms with Gasteiger partial charge in [-0.05, 0) is 20.8 Å². The summed E-state index contributed by atoms with van der Waals surface area (Å²) in [6.45, 7) is 6.46. The molecular weight excluding hydrogens is 239 g/mol. The van der Waals surface area contributed by atoms with Crippen LogP contribution in [0.15, 0.2) is 0 Å². The first kappa shape index (κ1) is 17.2. The zero-order valence-corrected chi connectivity index (χ0v) is 11.0. The molecule has 0 bridgehead atoms. The summed E-state index contributed by atoms with van der Waals surface area (Å²) in [6.07, 6.45) is -0.418. The minimum absolute atomic E-state index is 0.402. The maximum absolute atomic E-state index is 10.8. The van der Waals surface area contributed by atoms with Crippen molar-refractivity contribution in [2.24, 2.45) is 5.73 Å². The van der Waals surface area contributed by atoms with Gasteiger partial charge in [-0.1, -0.05) is 0 Å². The summed E-state index contributed by atoms with van der Waals surface area (Å²) in [5, 5.41) is 2.50. The number of carbonyl (C=O) groups excluding carboxylic acids is 1. The normalized spacial score (nSPS) is 10.0. The summed E-state index contributed by atoms with van der Waals surface area (Å²) in [5.41, 5.74) is 4.46. The third kappa shape index (κ3) is 20.0. The minimum Gasteiger partial charge on any atom is -0.444 e. The molecule has 0 heterocycles. The van der Waals surface area contributed by atoms with E-state index < -0.39 is 11.7 Å². The number of hydrogen-bond acceptors (Lipinski definition) is 3. The standard InChI is InChI=1S/C7H14ClNO2.C2H6ClN/c1-7(2,3)11-6(10)9-5-4-8;3-1-2-4/h4-5H2,1-3H3,(H,9,10);1-2,4H2. The van der Waals surface area contributed by atoms with Crippen LogP contribution in [0.4, 0.5) is 4.79 Å². The highest BCUT2D eigenvalue weighted by Gasteiger charge is 2.14. The molecule has 0 saturated carbocycles. The summed E-state index contributed by atoms with van der Waals surface area (Å²) < 4.78 is 4.93. The number of alkyl carbamates (subject to hydrolysis) is 1. The Bertz CT molecular complexity index is 159. The van der Waals surface area contributed by atoms with Crippen molar-refractivity contribution < 1.29 is 9.53 Å². The number of nitrogens with one attached hydrogen (secondary N) is 1. The van der Waals surface area contributed by atoms with Gasteiger partial charge in [-0.3, -0.25) is 0 Å². The Labute approximate surface area is 101 Å². The van der Waals surface area contributed by atoms with Gasteiger partial charge in [0.2, 0.25) is 0 Å². The Kier molecular flexibility index (Phi) is 11.9. The largest absolute Gasteiger partial charge is 0.444 e. The monoisotopic (exact) mass is 258 g/mol. The number of rotatable bonds is 3. The average molecular weight is 259 g/mol. The molecule has 0 spiro atoms. The van der Waals surface area contributed by atoms with E-state index in [-0.39, 0.29) is 0 Å². The molecule has 92 valence electrons. The predicted molar refractivity (Wildman–Crippen MR) is 64.7 cm³/mol. The lowest BCUT2D eigenvalue weighted by Crippen LogP contribution is -2.33. The molecule has 0 aromatic carbocycles. The van der Waals surface area contributed by atoms with E-state index in [2.05, 4.69) is 5.32 Å².